The minimum Gasteiger partial charge on any atom is -0.390 e. The highest BCUT2D eigenvalue weighted by Crippen LogP contribution is 2.38. The third-order valence-corrected chi connectivity index (χ3v) is 3.69. The highest BCUT2D eigenvalue weighted by Gasteiger charge is 2.43. The Morgan fingerprint density at radius 3 is 2.69 bits per heavy atom. The third-order valence-electron chi connectivity index (χ3n) is 3.36. The summed E-state index contributed by atoms with van der Waals surface area (Å²) >= 11 is 6.09. The highest BCUT2D eigenvalue weighted by molar-refractivity contribution is 6.31. The summed E-state index contributed by atoms with van der Waals surface area (Å²) in [5, 5.41) is 20.3. The van der Waals surface area contributed by atoms with Crippen molar-refractivity contribution in [2.45, 2.75) is 37.0 Å². The van der Waals surface area contributed by atoms with E-state index in [0.717, 1.165) is 6.42 Å². The zero-order valence-electron chi connectivity index (χ0n) is 8.94. The number of nitrogens with two attached hydrogens (primary N) is 1. The molecule has 1 fully saturated rings. The minimum atomic E-state index is -0.957. The van der Waals surface area contributed by atoms with Crippen LogP contribution in [0.1, 0.15) is 24.8 Å². The van der Waals surface area contributed by atoms with Gasteiger partial charge in [0.25, 0.3) is 0 Å². The Hall–Kier alpha value is -0.610. The second-order valence-corrected chi connectivity index (χ2v) is 4.83. The van der Waals surface area contributed by atoms with E-state index >= 15 is 0 Å². The molecule has 16 heavy (non-hydrogen) atoms. The van der Waals surface area contributed by atoms with E-state index in [9.17, 15) is 10.2 Å². The molecule has 0 aliphatic heterocycles. The minimum absolute atomic E-state index is 0.540. The molecule has 1 unspecified atom stereocenters. The third kappa shape index (κ3) is 1.84. The molecule has 0 bridgehead atoms. The molecule has 0 amide bonds. The maximum atomic E-state index is 10.0. The van der Waals surface area contributed by atoms with Crippen LogP contribution in [0.15, 0.2) is 24.3 Å². The van der Waals surface area contributed by atoms with E-state index < -0.39 is 17.7 Å². The Morgan fingerprint density at radius 1 is 1.31 bits per heavy atom. The molecule has 88 valence electrons. The fourth-order valence-electron chi connectivity index (χ4n) is 2.39. The molecule has 0 saturated heterocycles. The molecule has 0 radical (unpaired) electrons. The smallest absolute Gasteiger partial charge is 0.102 e. The van der Waals surface area contributed by atoms with E-state index in [4.69, 9.17) is 17.3 Å². The summed E-state index contributed by atoms with van der Waals surface area (Å²) in [4.78, 5) is 0. The summed E-state index contributed by atoms with van der Waals surface area (Å²) in [7, 11) is 0. The van der Waals surface area contributed by atoms with Gasteiger partial charge in [-0.05, 0) is 30.9 Å². The number of aliphatic hydroxyl groups excluding tert-OH is 2. The van der Waals surface area contributed by atoms with Gasteiger partial charge in [0.05, 0.1) is 11.6 Å². The molecule has 1 aromatic carbocycles. The lowest BCUT2D eigenvalue weighted by Gasteiger charge is -2.41. The van der Waals surface area contributed by atoms with E-state index in [-0.39, 0.29) is 0 Å². The molecule has 4 heteroatoms. The van der Waals surface area contributed by atoms with Crippen molar-refractivity contribution in [3.8, 4) is 0 Å². The maximum absolute atomic E-state index is 10.0. The van der Waals surface area contributed by atoms with Gasteiger partial charge in [-0.3, -0.25) is 0 Å². The summed E-state index contributed by atoms with van der Waals surface area (Å²) in [6, 6.07) is 7.22. The lowest BCUT2D eigenvalue weighted by atomic mass is 9.74. The van der Waals surface area contributed by atoms with Crippen LogP contribution < -0.4 is 5.73 Å². The molecule has 1 aliphatic rings. The molecule has 0 spiro atoms. The Labute approximate surface area is 99.8 Å². The summed E-state index contributed by atoms with van der Waals surface area (Å²) < 4.78 is 0. The summed E-state index contributed by atoms with van der Waals surface area (Å²) in [5.74, 6) is 0. The predicted octanol–water partition coefficient (Wildman–Crippen LogP) is 1.40. The summed E-state index contributed by atoms with van der Waals surface area (Å²) in [6.07, 6.45) is 0.288. The van der Waals surface area contributed by atoms with Crippen molar-refractivity contribution in [3.05, 3.63) is 34.9 Å². The van der Waals surface area contributed by atoms with Crippen molar-refractivity contribution in [2.75, 3.05) is 0 Å². The molecular weight excluding hydrogens is 226 g/mol. The highest BCUT2D eigenvalue weighted by atomic mass is 35.5. The van der Waals surface area contributed by atoms with E-state index in [0.29, 0.717) is 23.4 Å². The van der Waals surface area contributed by atoms with Crippen molar-refractivity contribution in [2.24, 2.45) is 5.73 Å². The number of hydrogen-bond acceptors (Lipinski definition) is 3. The normalized spacial score (nSPS) is 35.0. The standard InChI is InChI=1S/C12H16ClNO2/c13-9-5-2-1-4-8(9)12(14)7-3-6-10(15)11(12)16/h1-2,4-5,10-11,15-16H,3,6-7,14H2/t10-,11?,12-/m0/s1. The van der Waals surface area contributed by atoms with Gasteiger partial charge < -0.3 is 15.9 Å². The molecule has 0 heterocycles. The van der Waals surface area contributed by atoms with E-state index in [1.807, 2.05) is 18.2 Å². The maximum Gasteiger partial charge on any atom is 0.102 e. The fourth-order valence-corrected chi connectivity index (χ4v) is 2.70. The van der Waals surface area contributed by atoms with Crippen molar-refractivity contribution >= 4 is 11.6 Å². The van der Waals surface area contributed by atoms with Gasteiger partial charge in [0, 0.05) is 5.02 Å². The number of hydrogen-bond donors (Lipinski definition) is 3. The van der Waals surface area contributed by atoms with Crippen LogP contribution in [-0.2, 0) is 5.54 Å². The molecule has 4 N–H and O–H groups in total. The lowest BCUT2D eigenvalue weighted by Crippen LogP contribution is -2.55. The van der Waals surface area contributed by atoms with Crippen molar-refractivity contribution in [1.82, 2.24) is 0 Å². The van der Waals surface area contributed by atoms with Gasteiger partial charge in [0.1, 0.15) is 6.10 Å². The number of aliphatic hydroxyl groups is 2. The molecule has 2 rings (SSSR count). The van der Waals surface area contributed by atoms with Crippen LogP contribution in [0, 0.1) is 0 Å². The quantitative estimate of drug-likeness (QED) is 0.696. The number of benzene rings is 1. The second-order valence-electron chi connectivity index (χ2n) is 4.42. The Morgan fingerprint density at radius 2 is 2.00 bits per heavy atom. The lowest BCUT2D eigenvalue weighted by molar-refractivity contribution is -0.0595. The van der Waals surface area contributed by atoms with Gasteiger partial charge >= 0.3 is 0 Å². The Balaban J connectivity index is 2.41. The van der Waals surface area contributed by atoms with Gasteiger partial charge in [0.2, 0.25) is 0 Å². The topological polar surface area (TPSA) is 66.5 Å². The molecule has 1 aromatic rings. The number of halogens is 1. The van der Waals surface area contributed by atoms with Crippen molar-refractivity contribution in [3.63, 3.8) is 0 Å². The predicted molar refractivity (Wildman–Crippen MR) is 63.2 cm³/mol. The van der Waals surface area contributed by atoms with E-state index in [1.165, 1.54) is 0 Å². The number of rotatable bonds is 1. The zero-order valence-corrected chi connectivity index (χ0v) is 9.69. The van der Waals surface area contributed by atoms with Crippen LogP contribution >= 0.6 is 11.6 Å². The first-order chi connectivity index (χ1) is 7.55. The first kappa shape index (κ1) is 11.9. The summed E-state index contributed by atoms with van der Waals surface area (Å²) in [6.45, 7) is 0. The SMILES string of the molecule is N[C@]1(c2ccccc2Cl)CCC[C@H](O)C1O. The Bertz CT molecular complexity index is 385. The monoisotopic (exact) mass is 241 g/mol. The van der Waals surface area contributed by atoms with Crippen LogP contribution in [0.25, 0.3) is 0 Å². The average molecular weight is 242 g/mol. The van der Waals surface area contributed by atoms with Crippen LogP contribution in [-0.4, -0.2) is 22.4 Å². The van der Waals surface area contributed by atoms with Gasteiger partial charge in [-0.15, -0.1) is 0 Å². The first-order valence-electron chi connectivity index (χ1n) is 5.46. The van der Waals surface area contributed by atoms with Crippen LogP contribution in [0.3, 0.4) is 0 Å². The van der Waals surface area contributed by atoms with Crippen LogP contribution in [0.4, 0.5) is 0 Å². The molecule has 3 nitrogen and oxygen atoms in total. The van der Waals surface area contributed by atoms with E-state index in [1.54, 1.807) is 6.07 Å². The van der Waals surface area contributed by atoms with Gasteiger partial charge in [-0.25, -0.2) is 0 Å². The van der Waals surface area contributed by atoms with Crippen molar-refractivity contribution < 1.29 is 10.2 Å². The van der Waals surface area contributed by atoms with Crippen molar-refractivity contribution in [1.29, 1.82) is 0 Å². The Kier molecular flexibility index (Phi) is 3.22. The van der Waals surface area contributed by atoms with Crippen LogP contribution in [0.2, 0.25) is 5.02 Å². The average Bonchev–Trinajstić information content (AvgIpc) is 2.26. The second kappa shape index (κ2) is 4.34. The summed E-state index contributed by atoms with van der Waals surface area (Å²) in [5.41, 5.74) is 6.00. The molecule has 1 aliphatic carbocycles. The van der Waals surface area contributed by atoms with Crippen LogP contribution in [0.5, 0.6) is 0 Å². The molecule has 3 atom stereocenters. The van der Waals surface area contributed by atoms with Gasteiger partial charge in [-0.2, -0.15) is 0 Å². The van der Waals surface area contributed by atoms with Gasteiger partial charge in [-0.1, -0.05) is 29.8 Å². The van der Waals surface area contributed by atoms with E-state index in [2.05, 4.69) is 0 Å². The molecule has 1 saturated carbocycles. The zero-order chi connectivity index (χ0) is 11.8. The molecular formula is C12H16ClNO2. The van der Waals surface area contributed by atoms with Gasteiger partial charge in [0.15, 0.2) is 0 Å². The molecule has 0 aromatic heterocycles. The first-order valence-corrected chi connectivity index (χ1v) is 5.83. The largest absolute Gasteiger partial charge is 0.390 e. The fraction of sp³-hybridized carbons (Fsp3) is 0.500.